The first-order valence-electron chi connectivity index (χ1n) is 5.76. The van der Waals surface area contributed by atoms with Crippen LogP contribution in [0.25, 0.3) is 0 Å². The van der Waals surface area contributed by atoms with Crippen LogP contribution in [0, 0.1) is 0 Å². The van der Waals surface area contributed by atoms with E-state index in [-0.39, 0.29) is 11.3 Å². The molecule has 100 valence electrons. The zero-order chi connectivity index (χ0) is 13.7. The van der Waals surface area contributed by atoms with E-state index in [4.69, 9.17) is 14.6 Å². The Bertz CT molecular complexity index is 549. The Morgan fingerprint density at radius 3 is 2.84 bits per heavy atom. The standard InChI is InChI=1S/C14H14O4S/c1-17-12-4-2-3-11(14(15)16)13(12)18-7-5-10-6-8-19-9-10/h2-4,6,8-9H,5,7H2,1H3,(H,15,16). The predicted molar refractivity (Wildman–Crippen MR) is 73.5 cm³/mol. The molecule has 1 heterocycles. The molecule has 2 rings (SSSR count). The molecule has 2 aromatic rings. The second-order valence-electron chi connectivity index (χ2n) is 3.87. The summed E-state index contributed by atoms with van der Waals surface area (Å²) < 4.78 is 10.7. The molecule has 0 spiro atoms. The second kappa shape index (κ2) is 6.24. The molecule has 4 nitrogen and oxygen atoms in total. The van der Waals surface area contributed by atoms with Crippen molar-refractivity contribution >= 4 is 17.3 Å². The minimum Gasteiger partial charge on any atom is -0.493 e. The minimum absolute atomic E-state index is 0.115. The Balaban J connectivity index is 2.11. The highest BCUT2D eigenvalue weighted by atomic mass is 32.1. The van der Waals surface area contributed by atoms with Gasteiger partial charge in [0.15, 0.2) is 11.5 Å². The van der Waals surface area contributed by atoms with Gasteiger partial charge in [0.1, 0.15) is 5.56 Å². The van der Waals surface area contributed by atoms with Crippen molar-refractivity contribution in [3.8, 4) is 11.5 Å². The Morgan fingerprint density at radius 2 is 2.21 bits per heavy atom. The number of carboxylic acids is 1. The quantitative estimate of drug-likeness (QED) is 0.882. The van der Waals surface area contributed by atoms with Gasteiger partial charge >= 0.3 is 5.97 Å². The molecule has 19 heavy (non-hydrogen) atoms. The molecule has 1 N–H and O–H groups in total. The molecule has 0 atom stereocenters. The lowest BCUT2D eigenvalue weighted by Crippen LogP contribution is -2.07. The fourth-order valence-electron chi connectivity index (χ4n) is 1.70. The Labute approximate surface area is 115 Å². The van der Waals surface area contributed by atoms with Crippen molar-refractivity contribution < 1.29 is 19.4 Å². The van der Waals surface area contributed by atoms with Gasteiger partial charge in [-0.1, -0.05) is 6.07 Å². The summed E-state index contributed by atoms with van der Waals surface area (Å²) in [7, 11) is 1.49. The maximum Gasteiger partial charge on any atom is 0.339 e. The summed E-state index contributed by atoms with van der Waals surface area (Å²) in [4.78, 5) is 11.1. The molecular weight excluding hydrogens is 264 g/mol. The van der Waals surface area contributed by atoms with Crippen molar-refractivity contribution in [3.05, 3.63) is 46.2 Å². The number of aromatic carboxylic acids is 1. The summed E-state index contributed by atoms with van der Waals surface area (Å²) in [5.41, 5.74) is 1.29. The fraction of sp³-hybridized carbons (Fsp3) is 0.214. The molecule has 0 bridgehead atoms. The van der Waals surface area contributed by atoms with Crippen LogP contribution in [0.15, 0.2) is 35.0 Å². The van der Waals surface area contributed by atoms with Gasteiger partial charge in [-0.25, -0.2) is 4.79 Å². The lowest BCUT2D eigenvalue weighted by molar-refractivity contribution is 0.0691. The van der Waals surface area contributed by atoms with E-state index in [1.54, 1.807) is 23.5 Å². The molecule has 0 aliphatic rings. The average Bonchev–Trinajstić information content (AvgIpc) is 2.91. The number of methoxy groups -OCH3 is 1. The van der Waals surface area contributed by atoms with Gasteiger partial charge in [0.2, 0.25) is 0 Å². The number of para-hydroxylation sites is 1. The molecule has 0 radical (unpaired) electrons. The molecule has 0 unspecified atom stereocenters. The lowest BCUT2D eigenvalue weighted by Gasteiger charge is -2.12. The van der Waals surface area contributed by atoms with Crippen molar-refractivity contribution in [3.63, 3.8) is 0 Å². The maximum absolute atomic E-state index is 11.1. The molecule has 1 aromatic heterocycles. The highest BCUT2D eigenvalue weighted by Gasteiger charge is 2.16. The molecule has 0 aliphatic heterocycles. The maximum atomic E-state index is 11.1. The highest BCUT2D eigenvalue weighted by molar-refractivity contribution is 7.07. The number of carboxylic acid groups (broad SMARTS) is 1. The lowest BCUT2D eigenvalue weighted by atomic mass is 10.2. The van der Waals surface area contributed by atoms with Crippen LogP contribution in [-0.2, 0) is 6.42 Å². The summed E-state index contributed by atoms with van der Waals surface area (Å²) in [6.07, 6.45) is 0.737. The zero-order valence-corrected chi connectivity index (χ0v) is 11.3. The normalized spacial score (nSPS) is 10.2. The van der Waals surface area contributed by atoms with Gasteiger partial charge < -0.3 is 14.6 Å². The Morgan fingerprint density at radius 1 is 1.37 bits per heavy atom. The van der Waals surface area contributed by atoms with Crippen molar-refractivity contribution in [2.75, 3.05) is 13.7 Å². The average molecular weight is 278 g/mol. The third-order valence-corrected chi connectivity index (χ3v) is 3.38. The molecule has 0 aliphatic carbocycles. The fourth-order valence-corrected chi connectivity index (χ4v) is 2.40. The number of hydrogen-bond acceptors (Lipinski definition) is 4. The van der Waals surface area contributed by atoms with E-state index in [0.717, 1.165) is 6.42 Å². The number of thiophene rings is 1. The van der Waals surface area contributed by atoms with E-state index in [0.29, 0.717) is 12.4 Å². The first kappa shape index (κ1) is 13.4. The van der Waals surface area contributed by atoms with E-state index in [9.17, 15) is 4.79 Å². The minimum atomic E-state index is -1.02. The summed E-state index contributed by atoms with van der Waals surface area (Å²) >= 11 is 1.63. The first-order valence-corrected chi connectivity index (χ1v) is 6.71. The van der Waals surface area contributed by atoms with Gasteiger partial charge in [0.25, 0.3) is 0 Å². The van der Waals surface area contributed by atoms with Gasteiger partial charge in [-0.3, -0.25) is 0 Å². The van der Waals surface area contributed by atoms with Gasteiger partial charge in [-0.15, -0.1) is 0 Å². The zero-order valence-electron chi connectivity index (χ0n) is 10.5. The number of benzene rings is 1. The van der Waals surface area contributed by atoms with E-state index in [1.807, 2.05) is 16.8 Å². The van der Waals surface area contributed by atoms with Crippen LogP contribution in [-0.4, -0.2) is 24.8 Å². The van der Waals surface area contributed by atoms with Crippen LogP contribution in [0.2, 0.25) is 0 Å². The monoisotopic (exact) mass is 278 g/mol. The Kier molecular flexibility index (Phi) is 4.41. The number of rotatable bonds is 6. The van der Waals surface area contributed by atoms with E-state index < -0.39 is 5.97 Å². The predicted octanol–water partition coefficient (Wildman–Crippen LogP) is 3.08. The van der Waals surface area contributed by atoms with Crippen LogP contribution in [0.3, 0.4) is 0 Å². The van der Waals surface area contributed by atoms with Gasteiger partial charge in [-0.05, 0) is 34.5 Å². The molecule has 1 aromatic carbocycles. The third-order valence-electron chi connectivity index (χ3n) is 2.65. The summed E-state index contributed by atoms with van der Waals surface area (Å²) in [5, 5.41) is 13.2. The third kappa shape index (κ3) is 3.26. The topological polar surface area (TPSA) is 55.8 Å². The van der Waals surface area contributed by atoms with Crippen LogP contribution < -0.4 is 9.47 Å². The van der Waals surface area contributed by atoms with Gasteiger partial charge in [0, 0.05) is 6.42 Å². The smallest absolute Gasteiger partial charge is 0.339 e. The number of ether oxygens (including phenoxy) is 2. The van der Waals surface area contributed by atoms with Crippen molar-refractivity contribution in [1.29, 1.82) is 0 Å². The molecule has 0 fully saturated rings. The molecule has 5 heteroatoms. The van der Waals surface area contributed by atoms with Gasteiger partial charge in [-0.2, -0.15) is 11.3 Å². The van der Waals surface area contributed by atoms with E-state index in [2.05, 4.69) is 0 Å². The van der Waals surface area contributed by atoms with Crippen LogP contribution >= 0.6 is 11.3 Å². The summed E-state index contributed by atoms with van der Waals surface area (Å²) in [6, 6.07) is 6.85. The number of hydrogen-bond donors (Lipinski definition) is 1. The second-order valence-corrected chi connectivity index (χ2v) is 4.65. The molecule has 0 amide bonds. The van der Waals surface area contributed by atoms with Gasteiger partial charge in [0.05, 0.1) is 13.7 Å². The van der Waals surface area contributed by atoms with Crippen LogP contribution in [0.5, 0.6) is 11.5 Å². The molecular formula is C14H14O4S. The first-order chi connectivity index (χ1) is 9.22. The van der Waals surface area contributed by atoms with Crippen LogP contribution in [0.4, 0.5) is 0 Å². The van der Waals surface area contributed by atoms with Crippen molar-refractivity contribution in [2.24, 2.45) is 0 Å². The Hall–Kier alpha value is -2.01. The molecule has 0 saturated heterocycles. The van der Waals surface area contributed by atoms with Crippen LogP contribution in [0.1, 0.15) is 15.9 Å². The summed E-state index contributed by atoms with van der Waals surface area (Å²) in [5.74, 6) is -0.303. The molecule has 0 saturated carbocycles. The largest absolute Gasteiger partial charge is 0.493 e. The highest BCUT2D eigenvalue weighted by Crippen LogP contribution is 2.31. The summed E-state index contributed by atoms with van der Waals surface area (Å²) in [6.45, 7) is 0.414. The van der Waals surface area contributed by atoms with Crippen molar-refractivity contribution in [1.82, 2.24) is 0 Å². The van der Waals surface area contributed by atoms with E-state index in [1.165, 1.54) is 18.7 Å². The number of carbonyl (C=O) groups is 1. The van der Waals surface area contributed by atoms with Crippen molar-refractivity contribution in [2.45, 2.75) is 6.42 Å². The SMILES string of the molecule is COc1cccc(C(=O)O)c1OCCc1ccsc1. The van der Waals surface area contributed by atoms with E-state index >= 15 is 0 Å².